The van der Waals surface area contributed by atoms with Crippen molar-refractivity contribution in [1.29, 1.82) is 0 Å². The monoisotopic (exact) mass is 506 g/mol. The maximum atomic E-state index is 13.0. The van der Waals surface area contributed by atoms with Gasteiger partial charge in [-0.05, 0) is 57.2 Å². The molecule has 10 heteroatoms. The first kappa shape index (κ1) is 24.4. The van der Waals surface area contributed by atoms with Crippen molar-refractivity contribution in [3.63, 3.8) is 0 Å². The summed E-state index contributed by atoms with van der Waals surface area (Å²) in [6, 6.07) is 13.9. The Morgan fingerprint density at radius 2 is 1.84 bits per heavy atom. The molecule has 0 saturated heterocycles. The van der Waals surface area contributed by atoms with E-state index in [0.717, 1.165) is 34.3 Å². The number of alkyl halides is 3. The van der Waals surface area contributed by atoms with Crippen LogP contribution in [0.1, 0.15) is 31.3 Å². The number of pyridine rings is 1. The van der Waals surface area contributed by atoms with Crippen molar-refractivity contribution in [2.24, 2.45) is 0 Å². The van der Waals surface area contributed by atoms with Gasteiger partial charge in [0.05, 0.1) is 36.0 Å². The molecular weight excluding hydrogens is 481 g/mol. The third-order valence-electron chi connectivity index (χ3n) is 6.00. The average Bonchev–Trinajstić information content (AvgIpc) is 3.48. The van der Waals surface area contributed by atoms with Gasteiger partial charge in [-0.25, -0.2) is 9.97 Å². The molecule has 0 fully saturated rings. The number of aryl methyl sites for hydroxylation is 1. The largest absolute Gasteiger partial charge is 0.494 e. The minimum atomic E-state index is -4.50. The summed E-state index contributed by atoms with van der Waals surface area (Å²) in [5.41, 5.74) is 4.42. The van der Waals surface area contributed by atoms with Gasteiger partial charge < -0.3 is 19.2 Å². The van der Waals surface area contributed by atoms with Crippen molar-refractivity contribution in [3.8, 4) is 22.8 Å². The SMILES string of the molecule is COc1cc(Nc2cccc3c2nc(-c2ccc(C(F)(F)F)nc2)n3C(C)C)ccc1-n1cnc(C)c1. The standard InChI is InChI=1S/C27H25F3N6O/c1-16(2)36-22-7-5-6-20(25(22)34-26(36)18-8-11-24(31-13-18)27(28,29)30)33-19-9-10-21(23(12-19)37-4)35-14-17(3)32-15-35/h5-16,33H,1-4H3. The number of hydrogen-bond donors (Lipinski definition) is 1. The van der Waals surface area contributed by atoms with E-state index in [1.165, 1.54) is 12.3 Å². The topological polar surface area (TPSA) is 69.8 Å². The zero-order chi connectivity index (χ0) is 26.3. The predicted molar refractivity (Wildman–Crippen MR) is 136 cm³/mol. The summed E-state index contributed by atoms with van der Waals surface area (Å²) in [6.45, 7) is 5.93. The van der Waals surface area contributed by atoms with Crippen LogP contribution in [0.5, 0.6) is 5.75 Å². The second kappa shape index (κ2) is 9.27. The van der Waals surface area contributed by atoms with E-state index in [4.69, 9.17) is 9.72 Å². The number of halogens is 3. The van der Waals surface area contributed by atoms with E-state index in [0.29, 0.717) is 22.7 Å². The summed E-state index contributed by atoms with van der Waals surface area (Å²) in [5.74, 6) is 1.21. The van der Waals surface area contributed by atoms with Crippen LogP contribution in [0.25, 0.3) is 28.1 Å². The molecular formula is C27H25F3N6O. The first-order chi connectivity index (χ1) is 17.7. The number of anilines is 2. The molecule has 3 aromatic heterocycles. The highest BCUT2D eigenvalue weighted by Crippen LogP contribution is 2.35. The smallest absolute Gasteiger partial charge is 0.433 e. The second-order valence-electron chi connectivity index (χ2n) is 8.94. The third kappa shape index (κ3) is 4.62. The fraction of sp³-hybridized carbons (Fsp3) is 0.222. The second-order valence-corrected chi connectivity index (χ2v) is 8.94. The molecule has 5 rings (SSSR count). The Morgan fingerprint density at radius 1 is 1.03 bits per heavy atom. The number of methoxy groups -OCH3 is 1. The van der Waals surface area contributed by atoms with Crippen molar-refractivity contribution in [1.82, 2.24) is 24.1 Å². The van der Waals surface area contributed by atoms with Crippen molar-refractivity contribution in [2.45, 2.75) is 33.0 Å². The normalized spacial score (nSPS) is 11.9. The van der Waals surface area contributed by atoms with Gasteiger partial charge in [-0.15, -0.1) is 0 Å². The van der Waals surface area contributed by atoms with Crippen LogP contribution in [0.3, 0.4) is 0 Å². The van der Waals surface area contributed by atoms with E-state index in [9.17, 15) is 13.2 Å². The van der Waals surface area contributed by atoms with Crippen molar-refractivity contribution in [3.05, 3.63) is 78.6 Å². The molecule has 2 aromatic carbocycles. The number of ether oxygens (including phenoxy) is 1. The molecule has 0 unspecified atom stereocenters. The number of benzene rings is 2. The maximum absolute atomic E-state index is 13.0. The van der Waals surface area contributed by atoms with Gasteiger partial charge in [-0.2, -0.15) is 13.2 Å². The number of rotatable bonds is 6. The van der Waals surface area contributed by atoms with Gasteiger partial charge in [0.15, 0.2) is 0 Å². The molecule has 1 N–H and O–H groups in total. The zero-order valence-electron chi connectivity index (χ0n) is 20.7. The fourth-order valence-electron chi connectivity index (χ4n) is 4.32. The molecule has 0 aliphatic heterocycles. The van der Waals surface area contributed by atoms with Crippen LogP contribution >= 0.6 is 0 Å². The van der Waals surface area contributed by atoms with Crippen molar-refractivity contribution >= 4 is 22.4 Å². The van der Waals surface area contributed by atoms with Gasteiger partial charge in [-0.3, -0.25) is 4.98 Å². The Hall–Kier alpha value is -4.34. The molecule has 0 radical (unpaired) electrons. The van der Waals surface area contributed by atoms with Crippen molar-refractivity contribution in [2.75, 3.05) is 12.4 Å². The number of nitrogens with zero attached hydrogens (tertiary/aromatic N) is 5. The number of fused-ring (bicyclic) bond motifs is 1. The van der Waals surface area contributed by atoms with Crippen LogP contribution in [0.2, 0.25) is 0 Å². The van der Waals surface area contributed by atoms with Gasteiger partial charge in [0, 0.05) is 35.8 Å². The van der Waals surface area contributed by atoms with Gasteiger partial charge >= 0.3 is 6.18 Å². The van der Waals surface area contributed by atoms with Crippen LogP contribution in [0.4, 0.5) is 24.5 Å². The van der Waals surface area contributed by atoms with E-state index in [1.54, 1.807) is 13.4 Å². The Balaban J connectivity index is 1.55. The lowest BCUT2D eigenvalue weighted by Gasteiger charge is -2.14. The Labute approximate surface area is 211 Å². The molecule has 7 nitrogen and oxygen atoms in total. The summed E-state index contributed by atoms with van der Waals surface area (Å²) in [7, 11) is 1.61. The summed E-state index contributed by atoms with van der Waals surface area (Å²) < 4.78 is 48.6. The molecule has 0 aliphatic rings. The average molecular weight is 507 g/mol. The molecule has 5 aromatic rings. The number of aromatic nitrogens is 5. The number of para-hydroxylation sites is 1. The lowest BCUT2D eigenvalue weighted by molar-refractivity contribution is -0.141. The molecule has 0 aliphatic carbocycles. The Kier molecular flexibility index (Phi) is 6.10. The first-order valence-corrected chi connectivity index (χ1v) is 11.7. The predicted octanol–water partition coefficient (Wildman–Crippen LogP) is 6.94. The van der Waals surface area contributed by atoms with Gasteiger partial charge in [0.2, 0.25) is 0 Å². The molecule has 0 saturated carbocycles. The first-order valence-electron chi connectivity index (χ1n) is 11.7. The van der Waals surface area contributed by atoms with Crippen LogP contribution in [-0.4, -0.2) is 31.2 Å². The Bertz CT molecular complexity index is 1570. The van der Waals surface area contributed by atoms with Gasteiger partial charge in [-0.1, -0.05) is 6.07 Å². The lowest BCUT2D eigenvalue weighted by atomic mass is 10.2. The van der Waals surface area contributed by atoms with Crippen LogP contribution in [0.15, 0.2) is 67.3 Å². The van der Waals surface area contributed by atoms with Gasteiger partial charge in [0.1, 0.15) is 22.8 Å². The lowest BCUT2D eigenvalue weighted by Crippen LogP contribution is -2.08. The molecule has 0 spiro atoms. The van der Waals surface area contributed by atoms with E-state index < -0.39 is 11.9 Å². The summed E-state index contributed by atoms with van der Waals surface area (Å²) in [6.07, 6.45) is 0.373. The van der Waals surface area contributed by atoms with E-state index in [2.05, 4.69) is 15.3 Å². The summed E-state index contributed by atoms with van der Waals surface area (Å²) >= 11 is 0. The number of hydrogen-bond acceptors (Lipinski definition) is 5. The third-order valence-corrected chi connectivity index (χ3v) is 6.00. The molecule has 37 heavy (non-hydrogen) atoms. The summed E-state index contributed by atoms with van der Waals surface area (Å²) in [4.78, 5) is 12.7. The highest BCUT2D eigenvalue weighted by molar-refractivity contribution is 5.93. The molecule has 0 atom stereocenters. The van der Waals surface area contributed by atoms with Crippen molar-refractivity contribution < 1.29 is 17.9 Å². The van der Waals surface area contributed by atoms with Gasteiger partial charge in [0.25, 0.3) is 0 Å². The van der Waals surface area contributed by atoms with Crippen LogP contribution in [0, 0.1) is 6.92 Å². The van der Waals surface area contributed by atoms with Crippen LogP contribution in [-0.2, 0) is 6.18 Å². The van der Waals surface area contributed by atoms with E-state index in [1.807, 2.05) is 72.5 Å². The van der Waals surface area contributed by atoms with Crippen LogP contribution < -0.4 is 10.1 Å². The fourth-order valence-corrected chi connectivity index (χ4v) is 4.32. The zero-order valence-corrected chi connectivity index (χ0v) is 20.7. The quantitative estimate of drug-likeness (QED) is 0.270. The number of nitrogens with one attached hydrogen (secondary N) is 1. The number of imidazole rings is 2. The highest BCUT2D eigenvalue weighted by Gasteiger charge is 2.32. The van der Waals surface area contributed by atoms with E-state index >= 15 is 0 Å². The minimum Gasteiger partial charge on any atom is -0.494 e. The molecule has 190 valence electrons. The highest BCUT2D eigenvalue weighted by atomic mass is 19.4. The van der Waals surface area contributed by atoms with E-state index in [-0.39, 0.29) is 6.04 Å². The molecule has 0 bridgehead atoms. The Morgan fingerprint density at radius 3 is 2.46 bits per heavy atom. The maximum Gasteiger partial charge on any atom is 0.433 e. The molecule has 3 heterocycles. The molecule has 0 amide bonds. The summed E-state index contributed by atoms with van der Waals surface area (Å²) in [5, 5.41) is 3.42. The minimum absolute atomic E-state index is 0.00978.